The molecule has 1 fully saturated rings. The van der Waals surface area contributed by atoms with E-state index in [1.54, 1.807) is 4.90 Å². The third-order valence-electron chi connectivity index (χ3n) is 3.78. The van der Waals surface area contributed by atoms with Crippen molar-refractivity contribution >= 4 is 11.9 Å². The zero-order chi connectivity index (χ0) is 15.5. The number of nitrogens with zero attached hydrogens (tertiary/aromatic N) is 1. The first-order valence-electron chi connectivity index (χ1n) is 6.96. The Morgan fingerprint density at radius 1 is 1.38 bits per heavy atom. The van der Waals surface area contributed by atoms with Gasteiger partial charge in [-0.25, -0.2) is 0 Å². The maximum absolute atomic E-state index is 11.9. The number of carboxylic acid groups (broad SMARTS) is 1. The number of carboxylic acids is 1. The van der Waals surface area contributed by atoms with Gasteiger partial charge in [0.05, 0.1) is 6.54 Å². The predicted molar refractivity (Wildman–Crippen MR) is 78.6 cm³/mol. The van der Waals surface area contributed by atoms with E-state index in [0.29, 0.717) is 19.5 Å². The highest BCUT2D eigenvalue weighted by Crippen LogP contribution is 2.18. The Morgan fingerprint density at radius 3 is 2.62 bits per heavy atom. The molecule has 1 unspecified atom stereocenters. The van der Waals surface area contributed by atoms with E-state index in [1.807, 2.05) is 31.2 Å². The second-order valence-electron chi connectivity index (χ2n) is 5.68. The second kappa shape index (κ2) is 6.24. The van der Waals surface area contributed by atoms with Crippen molar-refractivity contribution in [3.8, 4) is 0 Å². The molecule has 2 rings (SSSR count). The molecule has 21 heavy (non-hydrogen) atoms. The van der Waals surface area contributed by atoms with Gasteiger partial charge in [-0.15, -0.1) is 0 Å². The summed E-state index contributed by atoms with van der Waals surface area (Å²) in [5.41, 5.74) is 6.76. The lowest BCUT2D eigenvalue weighted by molar-refractivity contribution is -0.143. The average molecular weight is 291 g/mol. The molecule has 1 aliphatic heterocycles. The molecule has 1 aliphatic rings. The Kier molecular flexibility index (Phi) is 4.59. The van der Waals surface area contributed by atoms with Crippen molar-refractivity contribution in [2.45, 2.75) is 25.4 Å². The van der Waals surface area contributed by atoms with Crippen LogP contribution >= 0.6 is 0 Å². The number of likely N-dealkylation sites (tertiary alicyclic amines) is 1. The zero-order valence-corrected chi connectivity index (χ0v) is 12.1. The molecular formula is C15H21N3O3. The molecular weight excluding hydrogens is 270 g/mol. The summed E-state index contributed by atoms with van der Waals surface area (Å²) in [7, 11) is 0. The number of carbonyl (C=O) groups excluding carboxylic acids is 1. The molecule has 1 aromatic carbocycles. The van der Waals surface area contributed by atoms with Gasteiger partial charge >= 0.3 is 5.97 Å². The van der Waals surface area contributed by atoms with Crippen LogP contribution in [0.4, 0.5) is 0 Å². The summed E-state index contributed by atoms with van der Waals surface area (Å²) in [6.45, 7) is 3.40. The molecule has 1 atom stereocenters. The third-order valence-corrected chi connectivity index (χ3v) is 3.78. The van der Waals surface area contributed by atoms with Crippen molar-refractivity contribution in [2.24, 2.45) is 5.73 Å². The number of rotatable bonds is 5. The smallest absolute Gasteiger partial charge is 0.325 e. The molecule has 4 N–H and O–H groups in total. The normalized spacial score (nSPS) is 22.2. The Balaban J connectivity index is 1.78. The van der Waals surface area contributed by atoms with Gasteiger partial charge in [0.1, 0.15) is 5.54 Å². The van der Waals surface area contributed by atoms with Gasteiger partial charge < -0.3 is 16.2 Å². The number of benzene rings is 1. The number of amides is 1. The fourth-order valence-corrected chi connectivity index (χ4v) is 2.39. The second-order valence-corrected chi connectivity index (χ2v) is 5.68. The highest BCUT2D eigenvalue weighted by Gasteiger charge is 2.41. The van der Waals surface area contributed by atoms with Crippen LogP contribution in [0.2, 0.25) is 0 Å². The number of hydrogen-bond donors (Lipinski definition) is 3. The fraction of sp³-hybridized carbons (Fsp3) is 0.467. The van der Waals surface area contributed by atoms with E-state index in [-0.39, 0.29) is 19.0 Å². The summed E-state index contributed by atoms with van der Waals surface area (Å²) >= 11 is 0. The molecule has 6 heteroatoms. The predicted octanol–water partition coefficient (Wildman–Crippen LogP) is 0.0990. The van der Waals surface area contributed by atoms with Crippen LogP contribution < -0.4 is 11.1 Å². The van der Waals surface area contributed by atoms with Gasteiger partial charge in [0.15, 0.2) is 0 Å². The summed E-state index contributed by atoms with van der Waals surface area (Å²) in [6.07, 6.45) is 0.369. The molecule has 0 radical (unpaired) electrons. The quantitative estimate of drug-likeness (QED) is 0.715. The Morgan fingerprint density at radius 2 is 2.05 bits per heavy atom. The van der Waals surface area contributed by atoms with Crippen molar-refractivity contribution < 1.29 is 14.7 Å². The van der Waals surface area contributed by atoms with Crippen molar-refractivity contribution in [1.82, 2.24) is 10.2 Å². The zero-order valence-electron chi connectivity index (χ0n) is 12.1. The molecule has 0 aromatic heterocycles. The van der Waals surface area contributed by atoms with Crippen LogP contribution in [0.25, 0.3) is 0 Å². The summed E-state index contributed by atoms with van der Waals surface area (Å²) in [5, 5.41) is 11.9. The highest BCUT2D eigenvalue weighted by atomic mass is 16.4. The van der Waals surface area contributed by atoms with E-state index in [2.05, 4.69) is 5.32 Å². The van der Waals surface area contributed by atoms with Crippen molar-refractivity contribution in [2.75, 3.05) is 19.6 Å². The van der Waals surface area contributed by atoms with Gasteiger partial charge in [-0.2, -0.15) is 0 Å². The maximum Gasteiger partial charge on any atom is 0.325 e. The minimum Gasteiger partial charge on any atom is -0.480 e. The van der Waals surface area contributed by atoms with Gasteiger partial charge in [0.25, 0.3) is 0 Å². The van der Waals surface area contributed by atoms with E-state index in [1.165, 1.54) is 5.56 Å². The van der Waals surface area contributed by atoms with Crippen LogP contribution in [0.1, 0.15) is 17.5 Å². The van der Waals surface area contributed by atoms with Gasteiger partial charge in [-0.05, 0) is 18.9 Å². The third kappa shape index (κ3) is 4.03. The highest BCUT2D eigenvalue weighted by molar-refractivity contribution is 5.80. The maximum atomic E-state index is 11.9. The Hall–Kier alpha value is -1.92. The monoisotopic (exact) mass is 291 g/mol. The lowest BCUT2D eigenvalue weighted by Crippen LogP contribution is -2.50. The van der Waals surface area contributed by atoms with Gasteiger partial charge in [0, 0.05) is 19.6 Å². The first-order valence-corrected chi connectivity index (χ1v) is 6.96. The van der Waals surface area contributed by atoms with Gasteiger partial charge in [-0.1, -0.05) is 29.8 Å². The SMILES string of the molecule is Cc1ccc(CNC(=O)CN2CCC(N)(C(=O)O)C2)cc1. The number of nitrogens with two attached hydrogens (primary N) is 1. The first-order chi connectivity index (χ1) is 9.89. The minimum absolute atomic E-state index is 0.120. The van der Waals surface area contributed by atoms with Crippen LogP contribution in [0.3, 0.4) is 0 Å². The molecule has 0 bridgehead atoms. The molecule has 6 nitrogen and oxygen atoms in total. The van der Waals surface area contributed by atoms with Crippen LogP contribution in [0, 0.1) is 6.92 Å². The minimum atomic E-state index is -1.22. The van der Waals surface area contributed by atoms with Crippen LogP contribution in [0.15, 0.2) is 24.3 Å². The lowest BCUT2D eigenvalue weighted by Gasteiger charge is -2.19. The van der Waals surface area contributed by atoms with Crippen molar-refractivity contribution in [3.63, 3.8) is 0 Å². The van der Waals surface area contributed by atoms with E-state index < -0.39 is 11.5 Å². The number of nitrogens with one attached hydrogen (secondary N) is 1. The average Bonchev–Trinajstić information content (AvgIpc) is 2.81. The fourth-order valence-electron chi connectivity index (χ4n) is 2.39. The molecule has 1 heterocycles. The van der Waals surface area contributed by atoms with Crippen LogP contribution in [-0.2, 0) is 16.1 Å². The largest absolute Gasteiger partial charge is 0.480 e. The lowest BCUT2D eigenvalue weighted by atomic mass is 10.0. The van der Waals surface area contributed by atoms with E-state index >= 15 is 0 Å². The van der Waals surface area contributed by atoms with Crippen LogP contribution in [-0.4, -0.2) is 47.1 Å². The topological polar surface area (TPSA) is 95.7 Å². The Bertz CT molecular complexity index is 529. The molecule has 0 aliphatic carbocycles. The standard InChI is InChI=1S/C15H21N3O3/c1-11-2-4-12(5-3-11)8-17-13(19)9-18-7-6-15(16,10-18)14(20)21/h2-5H,6-10,16H2,1H3,(H,17,19)(H,20,21). The number of aryl methyl sites for hydroxylation is 1. The molecule has 1 aromatic rings. The van der Waals surface area contributed by atoms with Crippen LogP contribution in [0.5, 0.6) is 0 Å². The number of aliphatic carboxylic acids is 1. The number of carbonyl (C=O) groups is 2. The van der Waals surface area contributed by atoms with Crippen molar-refractivity contribution in [1.29, 1.82) is 0 Å². The number of hydrogen-bond acceptors (Lipinski definition) is 4. The van der Waals surface area contributed by atoms with Crippen molar-refractivity contribution in [3.05, 3.63) is 35.4 Å². The summed E-state index contributed by atoms with van der Waals surface area (Å²) < 4.78 is 0. The van der Waals surface area contributed by atoms with Gasteiger partial charge in [0.2, 0.25) is 5.91 Å². The van der Waals surface area contributed by atoms with E-state index in [4.69, 9.17) is 10.8 Å². The first kappa shape index (κ1) is 15.5. The van der Waals surface area contributed by atoms with E-state index in [0.717, 1.165) is 5.56 Å². The Labute approximate surface area is 123 Å². The molecule has 0 spiro atoms. The summed E-state index contributed by atoms with van der Waals surface area (Å²) in [6, 6.07) is 7.94. The van der Waals surface area contributed by atoms with Gasteiger partial charge in [-0.3, -0.25) is 14.5 Å². The van der Waals surface area contributed by atoms with E-state index in [9.17, 15) is 9.59 Å². The summed E-state index contributed by atoms with van der Waals surface area (Å²) in [4.78, 5) is 24.7. The summed E-state index contributed by atoms with van der Waals surface area (Å²) in [5.74, 6) is -1.13. The molecule has 114 valence electrons. The molecule has 1 amide bonds. The molecule has 1 saturated heterocycles. The molecule has 0 saturated carbocycles.